The summed E-state index contributed by atoms with van der Waals surface area (Å²) in [4.78, 5) is 0. The lowest BCUT2D eigenvalue weighted by atomic mass is 10.1. The predicted octanol–water partition coefficient (Wildman–Crippen LogP) is 2.99. The number of hydrogen-bond acceptors (Lipinski definition) is 3. The Hall–Kier alpha value is -1.17. The van der Waals surface area contributed by atoms with Crippen LogP contribution in [0.25, 0.3) is 5.69 Å². The summed E-state index contributed by atoms with van der Waals surface area (Å²) in [5.74, 6) is 0. The quantitative estimate of drug-likeness (QED) is 0.823. The average Bonchev–Trinajstić information content (AvgIpc) is 2.89. The normalized spacial score (nSPS) is 11.0. The second-order valence-electron chi connectivity index (χ2n) is 4.81. The van der Waals surface area contributed by atoms with E-state index in [9.17, 15) is 0 Å². The highest BCUT2D eigenvalue weighted by Gasteiger charge is 2.05. The minimum atomic E-state index is 0.714. The van der Waals surface area contributed by atoms with Gasteiger partial charge in [-0.3, -0.25) is 0 Å². The summed E-state index contributed by atoms with van der Waals surface area (Å²) in [6.45, 7) is 6.49. The second kappa shape index (κ2) is 7.02. The first-order chi connectivity index (χ1) is 9.61. The van der Waals surface area contributed by atoms with Crippen LogP contribution in [0.3, 0.4) is 0 Å². The Kier molecular flexibility index (Phi) is 5.34. The molecular formula is C15H20BrN3O. The van der Waals surface area contributed by atoms with Crippen molar-refractivity contribution < 1.29 is 4.74 Å². The molecule has 0 saturated carbocycles. The Morgan fingerprint density at radius 1 is 1.30 bits per heavy atom. The van der Waals surface area contributed by atoms with Crippen LogP contribution in [0.5, 0.6) is 0 Å². The van der Waals surface area contributed by atoms with Crippen LogP contribution in [0, 0.1) is 13.8 Å². The van der Waals surface area contributed by atoms with Crippen LogP contribution in [0.4, 0.5) is 0 Å². The predicted molar refractivity (Wildman–Crippen MR) is 84.3 cm³/mol. The highest BCUT2D eigenvalue weighted by molar-refractivity contribution is 9.10. The number of halogens is 1. The molecule has 5 heteroatoms. The fraction of sp³-hybridized carbons (Fsp3) is 0.400. The lowest BCUT2D eigenvalue weighted by Gasteiger charge is -2.08. The molecule has 1 aromatic carbocycles. The summed E-state index contributed by atoms with van der Waals surface area (Å²) in [6, 6.07) is 6.30. The zero-order valence-electron chi connectivity index (χ0n) is 12.1. The van der Waals surface area contributed by atoms with E-state index in [0.717, 1.165) is 28.9 Å². The van der Waals surface area contributed by atoms with Gasteiger partial charge in [-0.2, -0.15) is 5.10 Å². The maximum Gasteiger partial charge on any atom is 0.0766 e. The lowest BCUT2D eigenvalue weighted by molar-refractivity contribution is 0.199. The number of nitrogens with one attached hydrogen (secondary N) is 1. The third-order valence-electron chi connectivity index (χ3n) is 3.12. The van der Waals surface area contributed by atoms with Gasteiger partial charge in [-0.1, -0.05) is 15.9 Å². The van der Waals surface area contributed by atoms with Gasteiger partial charge in [0.2, 0.25) is 0 Å². The van der Waals surface area contributed by atoms with E-state index in [1.54, 1.807) is 7.11 Å². The minimum Gasteiger partial charge on any atom is -0.383 e. The molecule has 0 atom stereocenters. The molecule has 0 aliphatic carbocycles. The molecule has 4 nitrogen and oxygen atoms in total. The highest BCUT2D eigenvalue weighted by atomic mass is 79.9. The van der Waals surface area contributed by atoms with Crippen molar-refractivity contribution in [2.75, 3.05) is 20.3 Å². The van der Waals surface area contributed by atoms with Crippen LogP contribution < -0.4 is 5.32 Å². The molecule has 0 radical (unpaired) electrons. The van der Waals surface area contributed by atoms with E-state index in [1.807, 2.05) is 16.9 Å². The third-order valence-corrected chi connectivity index (χ3v) is 4.37. The summed E-state index contributed by atoms with van der Waals surface area (Å²) < 4.78 is 8.08. The molecule has 20 heavy (non-hydrogen) atoms. The van der Waals surface area contributed by atoms with Crippen LogP contribution >= 0.6 is 15.9 Å². The number of rotatable bonds is 6. The minimum absolute atomic E-state index is 0.714. The van der Waals surface area contributed by atoms with Crippen molar-refractivity contribution in [3.8, 4) is 5.69 Å². The van der Waals surface area contributed by atoms with E-state index in [4.69, 9.17) is 4.74 Å². The number of nitrogens with zero attached hydrogens (tertiary/aromatic N) is 2. The van der Waals surface area contributed by atoms with Crippen LogP contribution in [0.2, 0.25) is 0 Å². The molecule has 0 amide bonds. The van der Waals surface area contributed by atoms with Crippen LogP contribution in [0.1, 0.15) is 16.8 Å². The molecule has 1 heterocycles. The van der Waals surface area contributed by atoms with Crippen molar-refractivity contribution in [1.29, 1.82) is 0 Å². The third kappa shape index (κ3) is 3.69. The molecule has 0 saturated heterocycles. The number of aromatic nitrogens is 2. The second-order valence-corrected chi connectivity index (χ2v) is 5.61. The van der Waals surface area contributed by atoms with E-state index in [0.29, 0.717) is 6.61 Å². The Bertz CT molecular complexity index is 557. The van der Waals surface area contributed by atoms with Gasteiger partial charge in [0.25, 0.3) is 0 Å². The van der Waals surface area contributed by atoms with Crippen molar-refractivity contribution in [3.63, 3.8) is 0 Å². The topological polar surface area (TPSA) is 39.1 Å². The first-order valence-electron chi connectivity index (χ1n) is 6.63. The smallest absolute Gasteiger partial charge is 0.0766 e. The van der Waals surface area contributed by atoms with Gasteiger partial charge in [0, 0.05) is 30.9 Å². The summed E-state index contributed by atoms with van der Waals surface area (Å²) in [5, 5.41) is 7.88. The molecule has 1 aromatic heterocycles. The molecule has 108 valence electrons. The fourth-order valence-corrected chi connectivity index (χ4v) is 2.27. The van der Waals surface area contributed by atoms with E-state index in [2.05, 4.69) is 52.3 Å². The number of hydrogen-bond donors (Lipinski definition) is 1. The van der Waals surface area contributed by atoms with Gasteiger partial charge < -0.3 is 10.1 Å². The maximum atomic E-state index is 5.00. The van der Waals surface area contributed by atoms with E-state index in [-0.39, 0.29) is 0 Å². The molecule has 0 aliphatic heterocycles. The van der Waals surface area contributed by atoms with Gasteiger partial charge in [0.15, 0.2) is 0 Å². The molecule has 0 spiro atoms. The summed E-state index contributed by atoms with van der Waals surface area (Å²) in [5.41, 5.74) is 4.55. The van der Waals surface area contributed by atoms with Gasteiger partial charge in [-0.05, 0) is 43.2 Å². The molecule has 2 aromatic rings. The Morgan fingerprint density at radius 3 is 2.65 bits per heavy atom. The van der Waals surface area contributed by atoms with E-state index in [1.165, 1.54) is 11.1 Å². The molecule has 1 N–H and O–H groups in total. The molecule has 0 aliphatic rings. The first kappa shape index (κ1) is 15.2. The largest absolute Gasteiger partial charge is 0.383 e. The number of ether oxygens (including phenoxy) is 1. The Labute approximate surface area is 128 Å². The van der Waals surface area contributed by atoms with Gasteiger partial charge >= 0.3 is 0 Å². The molecule has 2 rings (SSSR count). The summed E-state index contributed by atoms with van der Waals surface area (Å²) in [7, 11) is 1.70. The van der Waals surface area contributed by atoms with Crippen molar-refractivity contribution in [1.82, 2.24) is 15.1 Å². The van der Waals surface area contributed by atoms with Gasteiger partial charge in [-0.15, -0.1) is 0 Å². The number of benzene rings is 1. The molecule has 0 bridgehead atoms. The van der Waals surface area contributed by atoms with Crippen LogP contribution in [-0.4, -0.2) is 30.0 Å². The van der Waals surface area contributed by atoms with Crippen molar-refractivity contribution in [3.05, 3.63) is 45.7 Å². The summed E-state index contributed by atoms with van der Waals surface area (Å²) in [6.07, 6.45) is 2.00. The number of methoxy groups -OCH3 is 1. The van der Waals surface area contributed by atoms with Crippen molar-refractivity contribution in [2.45, 2.75) is 20.4 Å². The maximum absolute atomic E-state index is 5.00. The summed E-state index contributed by atoms with van der Waals surface area (Å²) >= 11 is 3.59. The standard InChI is InChI=1S/C15H20BrN3O/c1-11-8-14(9-12(2)15(11)16)19-6-4-13(18-19)10-17-5-7-20-3/h4,6,8-9,17H,5,7,10H2,1-3H3. The SMILES string of the molecule is COCCNCc1ccn(-c2cc(C)c(Br)c(C)c2)n1. The van der Waals surface area contributed by atoms with Crippen LogP contribution in [0.15, 0.2) is 28.9 Å². The van der Waals surface area contributed by atoms with Crippen molar-refractivity contribution >= 4 is 15.9 Å². The fourth-order valence-electron chi connectivity index (χ4n) is 2.05. The lowest BCUT2D eigenvalue weighted by Crippen LogP contribution is -2.18. The highest BCUT2D eigenvalue weighted by Crippen LogP contribution is 2.24. The van der Waals surface area contributed by atoms with Gasteiger partial charge in [0.05, 0.1) is 18.0 Å². The molecular weight excluding hydrogens is 318 g/mol. The van der Waals surface area contributed by atoms with Crippen molar-refractivity contribution in [2.24, 2.45) is 0 Å². The zero-order chi connectivity index (χ0) is 14.5. The van der Waals surface area contributed by atoms with Crippen LogP contribution in [-0.2, 0) is 11.3 Å². The van der Waals surface area contributed by atoms with E-state index < -0.39 is 0 Å². The van der Waals surface area contributed by atoms with Gasteiger partial charge in [0.1, 0.15) is 0 Å². The van der Waals surface area contributed by atoms with E-state index >= 15 is 0 Å². The zero-order valence-corrected chi connectivity index (χ0v) is 13.7. The Balaban J connectivity index is 2.08. The monoisotopic (exact) mass is 337 g/mol. The molecule has 0 fully saturated rings. The number of aryl methyl sites for hydroxylation is 2. The average molecular weight is 338 g/mol. The molecule has 0 unspecified atom stereocenters. The van der Waals surface area contributed by atoms with Gasteiger partial charge in [-0.25, -0.2) is 4.68 Å². The first-order valence-corrected chi connectivity index (χ1v) is 7.42. The Morgan fingerprint density at radius 2 is 2.00 bits per heavy atom.